The number of hydrogen-bond donors (Lipinski definition) is 2. The highest BCUT2D eigenvalue weighted by Gasteiger charge is 2.23. The summed E-state index contributed by atoms with van der Waals surface area (Å²) in [5, 5.41) is 5.59. The van der Waals surface area contributed by atoms with Crippen molar-refractivity contribution >= 4 is 33.3 Å². The van der Waals surface area contributed by atoms with Gasteiger partial charge in [0.1, 0.15) is 5.82 Å². The lowest BCUT2D eigenvalue weighted by atomic mass is 10.0. The van der Waals surface area contributed by atoms with Crippen molar-refractivity contribution in [3.05, 3.63) is 59.4 Å². The molecule has 1 atom stereocenters. The molecule has 2 amide bonds. The van der Waals surface area contributed by atoms with Gasteiger partial charge in [0, 0.05) is 22.6 Å². The number of carbonyl (C=O) groups excluding carboxylic acids is 1. The third-order valence-electron chi connectivity index (χ3n) is 3.93. The highest BCUT2D eigenvalue weighted by molar-refractivity contribution is 7.99. The van der Waals surface area contributed by atoms with Crippen molar-refractivity contribution in [3.63, 3.8) is 0 Å². The molecule has 0 aliphatic carbocycles. The van der Waals surface area contributed by atoms with Gasteiger partial charge in [0.05, 0.1) is 11.8 Å². The molecule has 0 spiro atoms. The molecule has 2 aromatic rings. The number of anilines is 1. The molecule has 0 aromatic heterocycles. The number of rotatable bonds is 4. The van der Waals surface area contributed by atoms with Crippen LogP contribution in [0.15, 0.2) is 47.4 Å². The SMILES string of the molecule is CS(=O)(=O)Cc1cccc(NC(=O)NC2CCSc3ccc(F)cc32)c1. The Labute approximate surface area is 156 Å². The van der Waals surface area contributed by atoms with Gasteiger partial charge in [-0.15, -0.1) is 11.8 Å². The average Bonchev–Trinajstić information content (AvgIpc) is 2.54. The second kappa shape index (κ2) is 7.67. The van der Waals surface area contributed by atoms with Gasteiger partial charge in [0.15, 0.2) is 9.84 Å². The van der Waals surface area contributed by atoms with E-state index < -0.39 is 15.9 Å². The fourth-order valence-electron chi connectivity index (χ4n) is 2.88. The molecule has 26 heavy (non-hydrogen) atoms. The lowest BCUT2D eigenvalue weighted by molar-refractivity contribution is 0.248. The molecule has 0 saturated carbocycles. The second-order valence-corrected chi connectivity index (χ2v) is 9.52. The van der Waals surface area contributed by atoms with E-state index in [4.69, 9.17) is 0 Å². The molecule has 138 valence electrons. The lowest BCUT2D eigenvalue weighted by Crippen LogP contribution is -2.34. The lowest BCUT2D eigenvalue weighted by Gasteiger charge is -2.26. The zero-order valence-corrected chi connectivity index (χ0v) is 15.8. The van der Waals surface area contributed by atoms with Crippen molar-refractivity contribution in [2.24, 2.45) is 0 Å². The van der Waals surface area contributed by atoms with E-state index in [1.54, 1.807) is 42.1 Å². The van der Waals surface area contributed by atoms with Crippen LogP contribution in [0.3, 0.4) is 0 Å². The van der Waals surface area contributed by atoms with Crippen LogP contribution < -0.4 is 10.6 Å². The Bertz CT molecular complexity index is 932. The molecule has 0 fully saturated rings. The van der Waals surface area contributed by atoms with Gasteiger partial charge in [0.2, 0.25) is 0 Å². The van der Waals surface area contributed by atoms with Crippen LogP contribution in [0.1, 0.15) is 23.6 Å². The van der Waals surface area contributed by atoms with Gasteiger partial charge in [-0.2, -0.15) is 0 Å². The van der Waals surface area contributed by atoms with Crippen LogP contribution in [-0.2, 0) is 15.6 Å². The van der Waals surface area contributed by atoms with Gasteiger partial charge >= 0.3 is 6.03 Å². The van der Waals surface area contributed by atoms with E-state index in [2.05, 4.69) is 10.6 Å². The van der Waals surface area contributed by atoms with Gasteiger partial charge in [-0.05, 0) is 47.9 Å². The number of urea groups is 1. The normalized spacial score (nSPS) is 16.6. The number of carbonyl (C=O) groups is 1. The molecule has 8 heteroatoms. The summed E-state index contributed by atoms with van der Waals surface area (Å²) in [6.07, 6.45) is 1.88. The fraction of sp³-hybridized carbons (Fsp3) is 0.278. The zero-order valence-electron chi connectivity index (χ0n) is 14.2. The molecule has 2 aromatic carbocycles. The van der Waals surface area contributed by atoms with Gasteiger partial charge in [-0.3, -0.25) is 0 Å². The molecule has 1 heterocycles. The summed E-state index contributed by atoms with van der Waals surface area (Å²) in [4.78, 5) is 13.3. The number of nitrogens with one attached hydrogen (secondary N) is 2. The number of thioether (sulfide) groups is 1. The predicted octanol–water partition coefficient (Wildman–Crippen LogP) is 3.73. The van der Waals surface area contributed by atoms with Crippen LogP contribution in [0.5, 0.6) is 0 Å². The number of fused-ring (bicyclic) bond motifs is 1. The summed E-state index contributed by atoms with van der Waals surface area (Å²) >= 11 is 1.64. The van der Waals surface area contributed by atoms with Crippen LogP contribution >= 0.6 is 11.8 Å². The van der Waals surface area contributed by atoms with E-state index in [1.165, 1.54) is 12.1 Å². The maximum Gasteiger partial charge on any atom is 0.319 e. The molecule has 0 radical (unpaired) electrons. The quantitative estimate of drug-likeness (QED) is 0.829. The van der Waals surface area contributed by atoms with E-state index >= 15 is 0 Å². The van der Waals surface area contributed by atoms with Crippen molar-refractivity contribution in [1.82, 2.24) is 5.32 Å². The number of hydrogen-bond acceptors (Lipinski definition) is 4. The van der Waals surface area contributed by atoms with Crippen LogP contribution in [0.2, 0.25) is 0 Å². The first-order chi connectivity index (χ1) is 12.3. The van der Waals surface area contributed by atoms with E-state index in [0.717, 1.165) is 22.5 Å². The molecule has 3 rings (SSSR count). The van der Waals surface area contributed by atoms with Crippen LogP contribution in [0, 0.1) is 5.82 Å². The molecule has 0 bridgehead atoms. The van der Waals surface area contributed by atoms with Crippen molar-refractivity contribution in [2.45, 2.75) is 23.1 Å². The second-order valence-electron chi connectivity index (χ2n) is 6.24. The Morgan fingerprint density at radius 2 is 2.08 bits per heavy atom. The summed E-state index contributed by atoms with van der Waals surface area (Å²) in [5.41, 5.74) is 1.89. The molecule has 1 unspecified atom stereocenters. The Balaban J connectivity index is 1.69. The average molecular weight is 394 g/mol. The van der Waals surface area contributed by atoms with Crippen LogP contribution in [0.4, 0.5) is 14.9 Å². The maximum absolute atomic E-state index is 13.5. The Hall–Kier alpha value is -2.06. The van der Waals surface area contributed by atoms with Crippen LogP contribution in [-0.4, -0.2) is 26.5 Å². The number of amides is 2. The van der Waals surface area contributed by atoms with E-state index in [-0.39, 0.29) is 17.6 Å². The van der Waals surface area contributed by atoms with E-state index in [0.29, 0.717) is 17.7 Å². The number of halogens is 1. The maximum atomic E-state index is 13.5. The Kier molecular flexibility index (Phi) is 5.52. The Morgan fingerprint density at radius 3 is 2.85 bits per heavy atom. The van der Waals surface area contributed by atoms with Crippen molar-refractivity contribution in [1.29, 1.82) is 0 Å². The standard InChI is InChI=1S/C18H19FN2O3S2/c1-26(23,24)11-12-3-2-4-14(9-12)20-18(22)21-16-7-8-25-17-6-5-13(19)10-15(16)17/h2-6,9-10,16H,7-8,11H2,1H3,(H2,20,21,22). The van der Waals surface area contributed by atoms with E-state index in [1.807, 2.05) is 0 Å². The van der Waals surface area contributed by atoms with Gasteiger partial charge in [0.25, 0.3) is 0 Å². The third-order valence-corrected chi connectivity index (χ3v) is 5.91. The van der Waals surface area contributed by atoms with E-state index in [9.17, 15) is 17.6 Å². The number of benzene rings is 2. The molecular formula is C18H19FN2O3S2. The van der Waals surface area contributed by atoms with Crippen molar-refractivity contribution in [3.8, 4) is 0 Å². The first kappa shape index (κ1) is 18.7. The zero-order chi connectivity index (χ0) is 18.7. The summed E-state index contributed by atoms with van der Waals surface area (Å²) in [7, 11) is -3.15. The summed E-state index contributed by atoms with van der Waals surface area (Å²) in [6, 6.07) is 10.6. The smallest absolute Gasteiger partial charge is 0.319 e. The highest BCUT2D eigenvalue weighted by Crippen LogP contribution is 2.36. The molecule has 1 aliphatic rings. The fourth-order valence-corrected chi connectivity index (χ4v) is 4.77. The molecular weight excluding hydrogens is 375 g/mol. The molecule has 1 aliphatic heterocycles. The predicted molar refractivity (Wildman–Crippen MR) is 102 cm³/mol. The van der Waals surface area contributed by atoms with Crippen molar-refractivity contribution < 1.29 is 17.6 Å². The monoisotopic (exact) mass is 394 g/mol. The molecule has 2 N–H and O–H groups in total. The summed E-state index contributed by atoms with van der Waals surface area (Å²) in [6.45, 7) is 0. The molecule has 0 saturated heterocycles. The minimum absolute atomic E-state index is 0.0867. The third kappa shape index (κ3) is 4.98. The summed E-state index contributed by atoms with van der Waals surface area (Å²) < 4.78 is 36.4. The van der Waals surface area contributed by atoms with Crippen LogP contribution in [0.25, 0.3) is 0 Å². The molecule has 5 nitrogen and oxygen atoms in total. The minimum Gasteiger partial charge on any atom is -0.331 e. The minimum atomic E-state index is -3.15. The largest absolute Gasteiger partial charge is 0.331 e. The van der Waals surface area contributed by atoms with Gasteiger partial charge in [-0.1, -0.05) is 12.1 Å². The first-order valence-electron chi connectivity index (χ1n) is 8.06. The topological polar surface area (TPSA) is 75.3 Å². The Morgan fingerprint density at radius 1 is 1.27 bits per heavy atom. The summed E-state index contributed by atoms with van der Waals surface area (Å²) in [5.74, 6) is 0.427. The van der Waals surface area contributed by atoms with Gasteiger partial charge in [-0.25, -0.2) is 17.6 Å². The first-order valence-corrected chi connectivity index (χ1v) is 11.1. The number of sulfone groups is 1. The van der Waals surface area contributed by atoms with Gasteiger partial charge < -0.3 is 10.6 Å². The highest BCUT2D eigenvalue weighted by atomic mass is 32.2. The van der Waals surface area contributed by atoms with Crippen molar-refractivity contribution in [2.75, 3.05) is 17.3 Å².